The summed E-state index contributed by atoms with van der Waals surface area (Å²) in [5, 5.41) is 12.4. The predicted octanol–water partition coefficient (Wildman–Crippen LogP) is 5.21. The van der Waals surface area contributed by atoms with E-state index in [0.29, 0.717) is 39.4 Å². The summed E-state index contributed by atoms with van der Waals surface area (Å²) in [5.74, 6) is -0.538. The lowest BCUT2D eigenvalue weighted by molar-refractivity contribution is -0.132. The summed E-state index contributed by atoms with van der Waals surface area (Å²) in [7, 11) is 2.98. The summed E-state index contributed by atoms with van der Waals surface area (Å²) in [5.41, 5.74) is 2.91. The van der Waals surface area contributed by atoms with Crippen LogP contribution in [0.2, 0.25) is 0 Å². The topological polar surface area (TPSA) is 67.8 Å². The molecule has 2 N–H and O–H groups in total. The van der Waals surface area contributed by atoms with Crippen molar-refractivity contribution < 1.29 is 23.8 Å². The monoisotopic (exact) mass is 387 g/mol. The van der Waals surface area contributed by atoms with Crippen molar-refractivity contribution in [2.75, 3.05) is 19.5 Å². The van der Waals surface area contributed by atoms with Crippen LogP contribution in [0.15, 0.2) is 35.9 Å². The predicted molar refractivity (Wildman–Crippen MR) is 110 cm³/mol. The maximum Gasteiger partial charge on any atom is 0.331 e. The molecule has 0 unspecified atom stereocenters. The maximum atomic E-state index is 14.8. The summed E-state index contributed by atoms with van der Waals surface area (Å²) < 4.78 is 25.7. The summed E-state index contributed by atoms with van der Waals surface area (Å²) in [6, 6.07) is 8.46. The van der Waals surface area contributed by atoms with E-state index in [1.54, 1.807) is 31.2 Å². The summed E-state index contributed by atoms with van der Waals surface area (Å²) in [6.07, 6.45) is 0. The van der Waals surface area contributed by atoms with Crippen molar-refractivity contribution in [3.8, 4) is 22.6 Å². The molecule has 2 aromatic carbocycles. The third-order valence-corrected chi connectivity index (χ3v) is 4.52. The standard InChI is InChI=1S/C22H26FNO4/c1-12(2)24-15-7-8-16(19(23)9-15)18-11-20(27-5)17(10-21(18)28-6)13(3)14(4)22(25)26/h7-12,24H,1-6H3,(H,25,26). The van der Waals surface area contributed by atoms with Gasteiger partial charge in [-0.3, -0.25) is 0 Å². The number of hydrogen-bond acceptors (Lipinski definition) is 4. The average molecular weight is 387 g/mol. The second-order valence-corrected chi connectivity index (χ2v) is 6.80. The quantitative estimate of drug-likeness (QED) is 0.639. The minimum absolute atomic E-state index is 0.186. The van der Waals surface area contributed by atoms with Crippen LogP contribution in [0.1, 0.15) is 33.3 Å². The van der Waals surface area contributed by atoms with Gasteiger partial charge in [-0.15, -0.1) is 0 Å². The number of methoxy groups -OCH3 is 2. The van der Waals surface area contributed by atoms with Crippen molar-refractivity contribution in [1.29, 1.82) is 0 Å². The number of rotatable bonds is 7. The van der Waals surface area contributed by atoms with E-state index in [1.165, 1.54) is 27.2 Å². The van der Waals surface area contributed by atoms with Gasteiger partial charge in [0.25, 0.3) is 0 Å². The molecule has 0 spiro atoms. The Morgan fingerprint density at radius 1 is 1.04 bits per heavy atom. The number of allylic oxidation sites excluding steroid dienone is 1. The average Bonchev–Trinajstić information content (AvgIpc) is 2.65. The van der Waals surface area contributed by atoms with Gasteiger partial charge >= 0.3 is 5.97 Å². The first-order valence-electron chi connectivity index (χ1n) is 8.93. The van der Waals surface area contributed by atoms with Gasteiger partial charge in [-0.1, -0.05) is 0 Å². The van der Waals surface area contributed by atoms with Crippen LogP contribution < -0.4 is 14.8 Å². The minimum atomic E-state index is -1.01. The van der Waals surface area contributed by atoms with E-state index in [2.05, 4.69) is 5.32 Å². The molecule has 28 heavy (non-hydrogen) atoms. The molecule has 0 heterocycles. The smallest absolute Gasteiger partial charge is 0.331 e. The van der Waals surface area contributed by atoms with Gasteiger partial charge in [0.2, 0.25) is 0 Å². The molecule has 0 atom stereocenters. The molecule has 0 fully saturated rings. The molecule has 6 heteroatoms. The molecule has 0 saturated carbocycles. The number of ether oxygens (including phenoxy) is 2. The van der Waals surface area contributed by atoms with Gasteiger partial charge in [-0.05, 0) is 63.6 Å². The Hall–Kier alpha value is -3.02. The molecule has 0 bridgehead atoms. The van der Waals surface area contributed by atoms with Crippen LogP contribution in [0.4, 0.5) is 10.1 Å². The van der Waals surface area contributed by atoms with Crippen LogP contribution >= 0.6 is 0 Å². The number of aliphatic carboxylic acids is 1. The van der Waals surface area contributed by atoms with Gasteiger partial charge in [-0.2, -0.15) is 0 Å². The molecule has 0 amide bonds. The molecule has 0 aromatic heterocycles. The van der Waals surface area contributed by atoms with Gasteiger partial charge < -0.3 is 19.9 Å². The zero-order valence-corrected chi connectivity index (χ0v) is 17.0. The van der Waals surface area contributed by atoms with Crippen LogP contribution in [0.5, 0.6) is 11.5 Å². The zero-order valence-electron chi connectivity index (χ0n) is 17.0. The van der Waals surface area contributed by atoms with Crippen molar-refractivity contribution in [3.63, 3.8) is 0 Å². The fourth-order valence-electron chi connectivity index (χ4n) is 2.92. The Morgan fingerprint density at radius 3 is 2.18 bits per heavy atom. The zero-order chi connectivity index (χ0) is 21.0. The second-order valence-electron chi connectivity index (χ2n) is 6.80. The highest BCUT2D eigenvalue weighted by Gasteiger charge is 2.19. The first-order valence-corrected chi connectivity index (χ1v) is 8.93. The molecular formula is C22H26FNO4. The van der Waals surface area contributed by atoms with Crippen LogP contribution in [-0.4, -0.2) is 31.3 Å². The highest BCUT2D eigenvalue weighted by Crippen LogP contribution is 2.40. The van der Waals surface area contributed by atoms with Crippen LogP contribution in [-0.2, 0) is 4.79 Å². The number of carbonyl (C=O) groups is 1. The van der Waals surface area contributed by atoms with Crippen LogP contribution in [0.25, 0.3) is 16.7 Å². The van der Waals surface area contributed by atoms with E-state index in [1.807, 2.05) is 13.8 Å². The number of hydrogen-bond donors (Lipinski definition) is 2. The van der Waals surface area contributed by atoms with E-state index >= 15 is 0 Å². The minimum Gasteiger partial charge on any atom is -0.496 e. The highest BCUT2D eigenvalue weighted by molar-refractivity contribution is 5.96. The molecule has 0 aliphatic carbocycles. The van der Waals surface area contributed by atoms with Gasteiger partial charge in [-0.25, -0.2) is 9.18 Å². The summed E-state index contributed by atoms with van der Waals surface area (Å²) in [6.45, 7) is 7.19. The van der Waals surface area contributed by atoms with E-state index in [0.717, 1.165) is 0 Å². The summed E-state index contributed by atoms with van der Waals surface area (Å²) >= 11 is 0. The number of carboxylic acid groups (broad SMARTS) is 1. The molecule has 150 valence electrons. The Morgan fingerprint density at radius 2 is 1.68 bits per heavy atom. The van der Waals surface area contributed by atoms with Crippen LogP contribution in [0, 0.1) is 5.82 Å². The third-order valence-electron chi connectivity index (χ3n) is 4.52. The first kappa shape index (κ1) is 21.3. The lowest BCUT2D eigenvalue weighted by atomic mass is 9.96. The fraction of sp³-hybridized carbons (Fsp3) is 0.318. The van der Waals surface area contributed by atoms with Crippen molar-refractivity contribution in [3.05, 3.63) is 47.3 Å². The van der Waals surface area contributed by atoms with Gasteiger partial charge in [0, 0.05) is 34.0 Å². The van der Waals surface area contributed by atoms with Crippen molar-refractivity contribution >= 4 is 17.2 Å². The van der Waals surface area contributed by atoms with Gasteiger partial charge in [0.1, 0.15) is 17.3 Å². The molecular weight excluding hydrogens is 361 g/mol. The van der Waals surface area contributed by atoms with Crippen molar-refractivity contribution in [2.45, 2.75) is 33.7 Å². The Balaban J connectivity index is 2.64. The second kappa shape index (κ2) is 8.78. The first-order chi connectivity index (χ1) is 13.2. The molecule has 0 saturated heterocycles. The molecule has 0 radical (unpaired) electrons. The molecule has 5 nitrogen and oxygen atoms in total. The SMILES string of the molecule is COc1cc(-c2ccc(NC(C)C)cc2F)c(OC)cc1C(C)=C(C)C(=O)O. The molecule has 0 aliphatic rings. The van der Waals surface area contributed by atoms with E-state index in [-0.39, 0.29) is 11.6 Å². The van der Waals surface area contributed by atoms with E-state index in [4.69, 9.17) is 9.47 Å². The van der Waals surface area contributed by atoms with E-state index in [9.17, 15) is 14.3 Å². The number of anilines is 1. The Kier molecular flexibility index (Phi) is 6.67. The van der Waals surface area contributed by atoms with Crippen molar-refractivity contribution in [1.82, 2.24) is 0 Å². The van der Waals surface area contributed by atoms with Gasteiger partial charge in [0.05, 0.1) is 14.2 Å². The van der Waals surface area contributed by atoms with Crippen LogP contribution in [0.3, 0.4) is 0 Å². The molecule has 2 aromatic rings. The lowest BCUT2D eigenvalue weighted by Crippen LogP contribution is -2.09. The number of benzene rings is 2. The highest BCUT2D eigenvalue weighted by atomic mass is 19.1. The normalized spacial score (nSPS) is 11.9. The molecule has 0 aliphatic heterocycles. The molecule has 2 rings (SSSR count). The van der Waals surface area contributed by atoms with E-state index < -0.39 is 11.8 Å². The lowest BCUT2D eigenvalue weighted by Gasteiger charge is -2.17. The maximum absolute atomic E-state index is 14.8. The number of nitrogens with one attached hydrogen (secondary N) is 1. The van der Waals surface area contributed by atoms with Crippen molar-refractivity contribution in [2.24, 2.45) is 0 Å². The Bertz CT molecular complexity index is 919. The number of carboxylic acids is 1. The Labute approximate surface area is 164 Å². The van der Waals surface area contributed by atoms with Gasteiger partial charge in [0.15, 0.2) is 0 Å². The number of halogens is 1. The summed E-state index contributed by atoms with van der Waals surface area (Å²) in [4.78, 5) is 11.3. The largest absolute Gasteiger partial charge is 0.496 e. The third kappa shape index (κ3) is 4.44. The fourth-order valence-corrected chi connectivity index (χ4v) is 2.92.